The van der Waals surface area contributed by atoms with Crippen molar-refractivity contribution >= 4 is 11.5 Å². The molecular formula is C15H21N5. The van der Waals surface area contributed by atoms with Crippen LogP contribution in [0.25, 0.3) is 0 Å². The number of allylic oxidation sites excluding steroid dienone is 1. The highest BCUT2D eigenvalue weighted by Crippen LogP contribution is 2.22. The van der Waals surface area contributed by atoms with Crippen molar-refractivity contribution in [1.82, 2.24) is 10.3 Å². The summed E-state index contributed by atoms with van der Waals surface area (Å²) in [5.74, 6) is 0.946. The van der Waals surface area contributed by atoms with Crippen LogP contribution in [0.4, 0.5) is 5.69 Å². The number of nitrogens with one attached hydrogen (secondary N) is 1. The number of amidine groups is 1. The van der Waals surface area contributed by atoms with Gasteiger partial charge in [-0.25, -0.2) is 0 Å². The average molecular weight is 271 g/mol. The third-order valence-corrected chi connectivity index (χ3v) is 3.66. The van der Waals surface area contributed by atoms with Gasteiger partial charge in [-0.1, -0.05) is 0 Å². The van der Waals surface area contributed by atoms with E-state index in [0.29, 0.717) is 0 Å². The van der Waals surface area contributed by atoms with E-state index in [0.717, 1.165) is 56.2 Å². The number of hydrogen-bond donors (Lipinski definition) is 2. The van der Waals surface area contributed by atoms with E-state index in [4.69, 9.17) is 5.73 Å². The zero-order valence-electron chi connectivity index (χ0n) is 11.9. The lowest BCUT2D eigenvalue weighted by Crippen LogP contribution is -2.35. The Morgan fingerprint density at radius 2 is 2.40 bits per heavy atom. The molecule has 0 amide bonds. The van der Waals surface area contributed by atoms with Gasteiger partial charge in [0.2, 0.25) is 0 Å². The van der Waals surface area contributed by atoms with E-state index in [-0.39, 0.29) is 0 Å². The maximum absolute atomic E-state index is 5.80. The molecule has 1 aromatic rings. The Labute approximate surface area is 119 Å². The Kier molecular flexibility index (Phi) is 3.69. The maximum Gasteiger partial charge on any atom is 0.129 e. The largest absolute Gasteiger partial charge is 0.402 e. The minimum Gasteiger partial charge on any atom is -0.402 e. The molecule has 0 unspecified atom stereocenters. The number of rotatable bonds is 2. The van der Waals surface area contributed by atoms with Crippen LogP contribution in [0.1, 0.15) is 24.6 Å². The summed E-state index contributed by atoms with van der Waals surface area (Å²) in [4.78, 5) is 11.4. The lowest BCUT2D eigenvalue weighted by molar-refractivity contribution is 0.630. The van der Waals surface area contributed by atoms with Gasteiger partial charge in [-0.15, -0.1) is 0 Å². The summed E-state index contributed by atoms with van der Waals surface area (Å²) in [6, 6.07) is 2.23. The molecule has 0 radical (unpaired) electrons. The number of hydrogen-bond acceptors (Lipinski definition) is 5. The van der Waals surface area contributed by atoms with E-state index in [2.05, 4.69) is 26.3 Å². The summed E-state index contributed by atoms with van der Waals surface area (Å²) in [6.45, 7) is 5.66. The Morgan fingerprint density at radius 1 is 1.50 bits per heavy atom. The van der Waals surface area contributed by atoms with E-state index in [1.165, 1.54) is 11.3 Å². The van der Waals surface area contributed by atoms with Crippen LogP contribution in [-0.2, 0) is 13.0 Å². The molecule has 3 heterocycles. The number of nitrogens with two attached hydrogens (primary N) is 1. The number of fused-ring (bicyclic) bond motifs is 1. The van der Waals surface area contributed by atoms with Gasteiger partial charge in [0.25, 0.3) is 0 Å². The maximum atomic E-state index is 5.80. The molecule has 3 rings (SSSR count). The second-order valence-electron chi connectivity index (χ2n) is 5.36. The van der Waals surface area contributed by atoms with Crippen molar-refractivity contribution in [2.75, 3.05) is 24.5 Å². The molecule has 106 valence electrons. The molecule has 0 saturated carbocycles. The first-order valence-corrected chi connectivity index (χ1v) is 7.18. The van der Waals surface area contributed by atoms with Gasteiger partial charge in [0.05, 0.1) is 11.9 Å². The second-order valence-corrected chi connectivity index (χ2v) is 5.36. The molecule has 20 heavy (non-hydrogen) atoms. The van der Waals surface area contributed by atoms with Crippen LogP contribution in [0.3, 0.4) is 0 Å². The number of aliphatic imine (C=N–C) groups is 1. The smallest absolute Gasteiger partial charge is 0.129 e. The normalized spacial score (nSPS) is 19.6. The van der Waals surface area contributed by atoms with Gasteiger partial charge in [0.1, 0.15) is 5.84 Å². The molecule has 0 aliphatic carbocycles. The number of anilines is 1. The first-order chi connectivity index (χ1) is 9.74. The predicted octanol–water partition coefficient (Wildman–Crippen LogP) is 1.20. The SMILES string of the molecule is C/C(N)=C/C1=NCCCN1c1cnc2c(c1)CNCC2. The Hall–Kier alpha value is -1.88. The summed E-state index contributed by atoms with van der Waals surface area (Å²) in [5.41, 5.74) is 10.2. The van der Waals surface area contributed by atoms with Crippen LogP contribution in [0.2, 0.25) is 0 Å². The van der Waals surface area contributed by atoms with Gasteiger partial charge < -0.3 is 16.0 Å². The van der Waals surface area contributed by atoms with Crippen LogP contribution in [-0.4, -0.2) is 30.5 Å². The lowest BCUT2D eigenvalue weighted by atomic mass is 10.1. The topological polar surface area (TPSA) is 66.5 Å². The minimum atomic E-state index is 0.781. The number of pyridine rings is 1. The zero-order chi connectivity index (χ0) is 13.9. The zero-order valence-corrected chi connectivity index (χ0v) is 11.9. The molecule has 0 fully saturated rings. The van der Waals surface area contributed by atoms with Gasteiger partial charge in [-0.05, 0) is 31.1 Å². The van der Waals surface area contributed by atoms with E-state index < -0.39 is 0 Å². The van der Waals surface area contributed by atoms with E-state index in [1.807, 2.05) is 19.2 Å². The van der Waals surface area contributed by atoms with Gasteiger partial charge in [-0.3, -0.25) is 9.98 Å². The summed E-state index contributed by atoms with van der Waals surface area (Å²) >= 11 is 0. The molecule has 0 bridgehead atoms. The number of aromatic nitrogens is 1. The highest BCUT2D eigenvalue weighted by atomic mass is 15.2. The molecule has 5 heteroatoms. The summed E-state index contributed by atoms with van der Waals surface area (Å²) in [6.07, 6.45) is 5.98. The summed E-state index contributed by atoms with van der Waals surface area (Å²) in [5, 5.41) is 3.39. The van der Waals surface area contributed by atoms with E-state index in [9.17, 15) is 0 Å². The summed E-state index contributed by atoms with van der Waals surface area (Å²) < 4.78 is 0. The Bertz CT molecular complexity index is 557. The Balaban J connectivity index is 1.93. The van der Waals surface area contributed by atoms with Crippen molar-refractivity contribution in [3.8, 4) is 0 Å². The molecule has 2 aliphatic heterocycles. The van der Waals surface area contributed by atoms with Crippen molar-refractivity contribution in [2.45, 2.75) is 26.3 Å². The fourth-order valence-corrected chi connectivity index (χ4v) is 2.69. The van der Waals surface area contributed by atoms with Gasteiger partial charge >= 0.3 is 0 Å². The summed E-state index contributed by atoms with van der Waals surface area (Å²) in [7, 11) is 0. The highest BCUT2D eigenvalue weighted by Gasteiger charge is 2.18. The molecule has 3 N–H and O–H groups in total. The molecule has 1 aromatic heterocycles. The van der Waals surface area contributed by atoms with Crippen LogP contribution in [0, 0.1) is 0 Å². The van der Waals surface area contributed by atoms with Crippen LogP contribution in [0.15, 0.2) is 29.0 Å². The van der Waals surface area contributed by atoms with Gasteiger partial charge in [0, 0.05) is 44.0 Å². The van der Waals surface area contributed by atoms with Crippen molar-refractivity contribution in [2.24, 2.45) is 10.7 Å². The first kappa shape index (κ1) is 13.1. The quantitative estimate of drug-likeness (QED) is 0.848. The van der Waals surface area contributed by atoms with E-state index >= 15 is 0 Å². The third-order valence-electron chi connectivity index (χ3n) is 3.66. The molecule has 2 aliphatic rings. The monoisotopic (exact) mass is 271 g/mol. The highest BCUT2D eigenvalue weighted by molar-refractivity contribution is 6.06. The Morgan fingerprint density at radius 3 is 3.25 bits per heavy atom. The van der Waals surface area contributed by atoms with Crippen molar-refractivity contribution in [1.29, 1.82) is 0 Å². The van der Waals surface area contributed by atoms with Gasteiger partial charge in [0.15, 0.2) is 0 Å². The van der Waals surface area contributed by atoms with Crippen LogP contribution < -0.4 is 16.0 Å². The van der Waals surface area contributed by atoms with Crippen LogP contribution >= 0.6 is 0 Å². The standard InChI is InChI=1S/C15H21N5/c1-11(16)7-15-18-4-2-6-20(15)13-8-12-9-17-5-3-14(12)19-10-13/h7-8,10,17H,2-6,9,16H2,1H3/b11-7-. The van der Waals surface area contributed by atoms with Crippen molar-refractivity contribution < 1.29 is 0 Å². The van der Waals surface area contributed by atoms with Gasteiger partial charge in [-0.2, -0.15) is 0 Å². The minimum absolute atomic E-state index is 0.781. The molecular weight excluding hydrogens is 250 g/mol. The molecule has 5 nitrogen and oxygen atoms in total. The molecule has 0 atom stereocenters. The van der Waals surface area contributed by atoms with E-state index in [1.54, 1.807) is 0 Å². The fraction of sp³-hybridized carbons (Fsp3) is 0.467. The molecule has 0 spiro atoms. The van der Waals surface area contributed by atoms with Crippen molar-refractivity contribution in [3.05, 3.63) is 35.3 Å². The number of nitrogens with zero attached hydrogens (tertiary/aromatic N) is 3. The third kappa shape index (κ3) is 2.67. The second kappa shape index (κ2) is 5.63. The predicted molar refractivity (Wildman–Crippen MR) is 81.9 cm³/mol. The average Bonchev–Trinajstić information content (AvgIpc) is 2.47. The lowest BCUT2D eigenvalue weighted by Gasteiger charge is -2.29. The molecule has 0 saturated heterocycles. The van der Waals surface area contributed by atoms with Crippen LogP contribution in [0.5, 0.6) is 0 Å². The fourth-order valence-electron chi connectivity index (χ4n) is 2.69. The first-order valence-electron chi connectivity index (χ1n) is 7.18. The van der Waals surface area contributed by atoms with Crippen molar-refractivity contribution in [3.63, 3.8) is 0 Å². The molecule has 0 aromatic carbocycles.